The number of carbonyl (C=O) groups is 1. The minimum absolute atomic E-state index is 0.0592. The molecule has 0 saturated carbocycles. The summed E-state index contributed by atoms with van der Waals surface area (Å²) in [6, 6.07) is -0.624. The van der Waals surface area contributed by atoms with Gasteiger partial charge in [0.1, 0.15) is 0 Å². The topological polar surface area (TPSA) is 69.6 Å². The van der Waals surface area contributed by atoms with E-state index in [2.05, 4.69) is 67.8 Å². The van der Waals surface area contributed by atoms with E-state index in [0.717, 1.165) is 51.4 Å². The van der Waals surface area contributed by atoms with Crippen LogP contribution in [0.1, 0.15) is 341 Å². The van der Waals surface area contributed by atoms with E-state index in [0.29, 0.717) is 6.42 Å². The van der Waals surface area contributed by atoms with Crippen LogP contribution in [0, 0.1) is 0 Å². The normalized spacial score (nSPS) is 13.1. The van der Waals surface area contributed by atoms with Crippen molar-refractivity contribution in [1.29, 1.82) is 0 Å². The zero-order valence-corrected chi connectivity index (χ0v) is 48.0. The van der Waals surface area contributed by atoms with Crippen LogP contribution in [-0.2, 0) is 4.79 Å². The molecule has 4 heteroatoms. The van der Waals surface area contributed by atoms with Gasteiger partial charge >= 0.3 is 0 Å². The summed E-state index contributed by atoms with van der Waals surface area (Å²) < 4.78 is 0. The van der Waals surface area contributed by atoms with E-state index in [1.807, 2.05) is 6.08 Å². The molecule has 416 valence electrons. The van der Waals surface area contributed by atoms with Gasteiger partial charge in [-0.05, 0) is 57.8 Å². The van der Waals surface area contributed by atoms with Gasteiger partial charge in [0.05, 0.1) is 18.8 Å². The van der Waals surface area contributed by atoms with Gasteiger partial charge in [-0.25, -0.2) is 0 Å². The molecule has 0 aliphatic heterocycles. The molecule has 0 aliphatic carbocycles. The molecule has 0 aromatic rings. The van der Waals surface area contributed by atoms with E-state index in [1.165, 1.54) is 270 Å². The molecule has 0 saturated heterocycles. The largest absolute Gasteiger partial charge is 0.394 e. The fourth-order valence-corrected chi connectivity index (χ4v) is 9.94. The number of hydrogen-bond donors (Lipinski definition) is 3. The van der Waals surface area contributed by atoms with Crippen LogP contribution in [0.4, 0.5) is 0 Å². The number of aliphatic hydroxyl groups is 2. The van der Waals surface area contributed by atoms with Crippen molar-refractivity contribution in [2.24, 2.45) is 0 Å². The molecule has 2 unspecified atom stereocenters. The van der Waals surface area contributed by atoms with Gasteiger partial charge < -0.3 is 15.5 Å². The summed E-state index contributed by atoms with van der Waals surface area (Å²) in [4.78, 5) is 12.5. The fraction of sp³-hybridized carbons (Fsp3) is 0.836. The van der Waals surface area contributed by atoms with Crippen LogP contribution >= 0.6 is 0 Å². The van der Waals surface area contributed by atoms with Crippen molar-refractivity contribution < 1.29 is 15.0 Å². The highest BCUT2D eigenvalue weighted by atomic mass is 16.3. The second-order valence-electron chi connectivity index (χ2n) is 21.8. The lowest BCUT2D eigenvalue weighted by atomic mass is 10.0. The number of amides is 1. The molecule has 0 bridgehead atoms. The zero-order valence-electron chi connectivity index (χ0n) is 48.0. The summed E-state index contributed by atoms with van der Waals surface area (Å²) in [6.07, 6.45) is 88.5. The molecule has 0 radical (unpaired) electrons. The predicted molar refractivity (Wildman–Crippen MR) is 318 cm³/mol. The molecule has 0 aliphatic rings. The number of unbranched alkanes of at least 4 members (excludes halogenated alkanes) is 44. The first kappa shape index (κ1) is 69.1. The molecule has 0 fully saturated rings. The highest BCUT2D eigenvalue weighted by molar-refractivity contribution is 5.76. The van der Waals surface area contributed by atoms with Crippen molar-refractivity contribution in [3.05, 3.63) is 60.8 Å². The first-order chi connectivity index (χ1) is 35.2. The van der Waals surface area contributed by atoms with Crippen molar-refractivity contribution in [2.75, 3.05) is 6.61 Å². The highest BCUT2D eigenvalue weighted by Gasteiger charge is 2.18. The quantitative estimate of drug-likeness (QED) is 0.0420. The Morgan fingerprint density at radius 2 is 0.620 bits per heavy atom. The van der Waals surface area contributed by atoms with Crippen LogP contribution in [0.25, 0.3) is 0 Å². The number of hydrogen-bond acceptors (Lipinski definition) is 3. The number of aliphatic hydroxyl groups excluding tert-OH is 2. The summed E-state index contributed by atoms with van der Waals surface area (Å²) in [6.45, 7) is 4.23. The molecule has 71 heavy (non-hydrogen) atoms. The van der Waals surface area contributed by atoms with E-state index in [4.69, 9.17) is 0 Å². The van der Waals surface area contributed by atoms with Crippen LogP contribution < -0.4 is 5.32 Å². The van der Waals surface area contributed by atoms with Gasteiger partial charge in [0, 0.05) is 6.42 Å². The summed E-state index contributed by atoms with van der Waals surface area (Å²) in [5.74, 6) is -0.0592. The van der Waals surface area contributed by atoms with Gasteiger partial charge in [-0.15, -0.1) is 0 Å². The zero-order chi connectivity index (χ0) is 51.3. The maximum atomic E-state index is 12.5. The highest BCUT2D eigenvalue weighted by Crippen LogP contribution is 2.18. The lowest BCUT2D eigenvalue weighted by Crippen LogP contribution is -2.45. The van der Waals surface area contributed by atoms with Gasteiger partial charge in [0.25, 0.3) is 0 Å². The average Bonchev–Trinajstić information content (AvgIpc) is 3.37. The Morgan fingerprint density at radius 1 is 0.352 bits per heavy atom. The Morgan fingerprint density at radius 3 is 0.930 bits per heavy atom. The smallest absolute Gasteiger partial charge is 0.220 e. The molecule has 0 heterocycles. The minimum Gasteiger partial charge on any atom is -0.394 e. The molecule has 0 aromatic carbocycles. The minimum atomic E-state index is -0.841. The van der Waals surface area contributed by atoms with E-state index < -0.39 is 12.1 Å². The molecule has 1 amide bonds. The van der Waals surface area contributed by atoms with Crippen molar-refractivity contribution in [3.8, 4) is 0 Å². The maximum absolute atomic E-state index is 12.5. The van der Waals surface area contributed by atoms with E-state index in [1.54, 1.807) is 6.08 Å². The van der Waals surface area contributed by atoms with Crippen LogP contribution in [0.15, 0.2) is 60.8 Å². The lowest BCUT2D eigenvalue weighted by molar-refractivity contribution is -0.123. The first-order valence-electron chi connectivity index (χ1n) is 32.0. The van der Waals surface area contributed by atoms with Crippen LogP contribution in [-0.4, -0.2) is 34.9 Å². The third-order valence-corrected chi connectivity index (χ3v) is 14.8. The van der Waals surface area contributed by atoms with Crippen LogP contribution in [0.5, 0.6) is 0 Å². The summed E-state index contributed by atoms with van der Waals surface area (Å²) in [5, 5.41) is 23.3. The fourth-order valence-electron chi connectivity index (χ4n) is 9.94. The molecule has 4 nitrogen and oxygen atoms in total. The summed E-state index contributed by atoms with van der Waals surface area (Å²) in [7, 11) is 0. The van der Waals surface area contributed by atoms with Crippen molar-refractivity contribution in [1.82, 2.24) is 5.32 Å². The number of carbonyl (C=O) groups excluding carboxylic acids is 1. The molecule has 0 aromatic heterocycles. The first-order valence-corrected chi connectivity index (χ1v) is 32.0. The van der Waals surface area contributed by atoms with Crippen LogP contribution in [0.2, 0.25) is 0 Å². The SMILES string of the molecule is CC/C=C\C/C=C\C/C=C\C/C=C\CCCCCCCCCCCCCCCCCCCCC(=O)NC(CO)C(O)/C=C/CCCCCCCCCCCCCCCCCCCCCCCCCCCC. The van der Waals surface area contributed by atoms with Gasteiger partial charge in [-0.3, -0.25) is 4.79 Å². The third kappa shape index (κ3) is 58.8. The monoisotopic (exact) mass is 992 g/mol. The Hall–Kier alpha value is -1.91. The predicted octanol–water partition coefficient (Wildman–Crippen LogP) is 21.5. The maximum Gasteiger partial charge on any atom is 0.220 e. The molecular weight excluding hydrogens is 867 g/mol. The van der Waals surface area contributed by atoms with Crippen molar-refractivity contribution in [3.63, 3.8) is 0 Å². The molecule has 0 rings (SSSR count). The van der Waals surface area contributed by atoms with Crippen molar-refractivity contribution >= 4 is 5.91 Å². The van der Waals surface area contributed by atoms with Crippen molar-refractivity contribution in [2.45, 2.75) is 353 Å². The van der Waals surface area contributed by atoms with Crippen LogP contribution in [0.3, 0.4) is 0 Å². The summed E-state index contributed by atoms with van der Waals surface area (Å²) in [5.41, 5.74) is 0. The van der Waals surface area contributed by atoms with Gasteiger partial charge in [0.2, 0.25) is 5.91 Å². The van der Waals surface area contributed by atoms with Gasteiger partial charge in [-0.1, -0.05) is 338 Å². The Bertz CT molecular complexity index is 1170. The number of rotatable bonds is 59. The standard InChI is InChI=1S/C67H125NO3/c1-3-5-7-9-11-13-15-17-19-21-23-25-27-29-31-33-34-35-37-39-41-43-45-47-49-51-53-55-57-59-61-63-67(71)68-65(64-69)66(70)62-60-58-56-54-52-50-48-46-44-42-40-38-36-32-30-28-26-24-22-20-18-16-14-12-10-8-6-4-2/h5,7,11,13,17,19,23,25,60,62,65-66,69-70H,3-4,6,8-10,12,14-16,18,20-22,24,26-59,61,63-64H2,1-2H3,(H,68,71)/b7-5-,13-11-,19-17-,25-23-,62-60+. The Labute approximate surface area is 445 Å². The average molecular weight is 993 g/mol. The summed E-state index contributed by atoms with van der Waals surface area (Å²) >= 11 is 0. The molecule has 0 spiro atoms. The second kappa shape index (κ2) is 62.4. The van der Waals surface area contributed by atoms with E-state index in [9.17, 15) is 15.0 Å². The Kier molecular flexibility index (Phi) is 60.7. The second-order valence-corrected chi connectivity index (χ2v) is 21.8. The molecule has 2 atom stereocenters. The van der Waals surface area contributed by atoms with E-state index in [-0.39, 0.29) is 12.5 Å². The number of nitrogens with one attached hydrogen (secondary N) is 1. The number of allylic oxidation sites excluding steroid dienone is 9. The third-order valence-electron chi connectivity index (χ3n) is 14.8. The van der Waals surface area contributed by atoms with Gasteiger partial charge in [0.15, 0.2) is 0 Å². The van der Waals surface area contributed by atoms with Gasteiger partial charge in [-0.2, -0.15) is 0 Å². The molecule has 3 N–H and O–H groups in total. The lowest BCUT2D eigenvalue weighted by Gasteiger charge is -2.20. The molecular formula is C67H125NO3. The van der Waals surface area contributed by atoms with E-state index >= 15 is 0 Å². The Balaban J connectivity index is 3.45.